The fourth-order valence-corrected chi connectivity index (χ4v) is 1.80. The first-order valence-corrected chi connectivity index (χ1v) is 5.06. The normalized spacial score (nSPS) is 10.2. The van der Waals surface area contributed by atoms with Gasteiger partial charge in [-0.2, -0.15) is 0 Å². The van der Waals surface area contributed by atoms with Crippen LogP contribution in [-0.4, -0.2) is 14.9 Å². The van der Waals surface area contributed by atoms with Crippen LogP contribution in [0.5, 0.6) is 0 Å². The molecule has 1 aromatic heterocycles. The average molecular weight is 266 g/mol. The van der Waals surface area contributed by atoms with E-state index in [-0.39, 0.29) is 5.62 Å². The lowest BCUT2D eigenvalue weighted by atomic mass is 10.1. The number of nitrogens with zero attached hydrogens (tertiary/aromatic N) is 2. The zero-order valence-corrected chi connectivity index (χ0v) is 9.27. The minimum atomic E-state index is -0.197. The number of rotatable bonds is 1. The number of halogens is 1. The average Bonchev–Trinajstić information content (AvgIpc) is 2.26. The molecule has 1 aromatic carbocycles. The molecule has 2 rings (SSSR count). The molecule has 15 heavy (non-hydrogen) atoms. The van der Waals surface area contributed by atoms with Gasteiger partial charge in [-0.05, 0) is 15.9 Å². The van der Waals surface area contributed by atoms with Gasteiger partial charge in [-0.25, -0.2) is 4.98 Å². The Morgan fingerprint density at radius 2 is 1.93 bits per heavy atom. The van der Waals surface area contributed by atoms with Crippen molar-refractivity contribution in [1.82, 2.24) is 9.71 Å². The van der Waals surface area contributed by atoms with Crippen molar-refractivity contribution in [2.24, 2.45) is 0 Å². The molecule has 0 fully saturated rings. The van der Waals surface area contributed by atoms with Gasteiger partial charge in [-0.15, -0.1) is 4.73 Å². The molecule has 76 valence electrons. The molecule has 0 aliphatic rings. The summed E-state index contributed by atoms with van der Waals surface area (Å²) >= 11 is 3.29. The smallest absolute Gasteiger partial charge is 0.256 e. The van der Waals surface area contributed by atoms with Crippen molar-refractivity contribution < 1.29 is 5.21 Å². The highest BCUT2D eigenvalue weighted by Crippen LogP contribution is 2.24. The van der Waals surface area contributed by atoms with Crippen LogP contribution in [0.2, 0.25) is 0 Å². The molecular formula is C10H8BrN3O. The summed E-state index contributed by atoms with van der Waals surface area (Å²) < 4.78 is 1.39. The number of hydrogen-bond donors (Lipinski definition) is 2. The maximum Gasteiger partial charge on any atom is 0.256 e. The summed E-state index contributed by atoms with van der Waals surface area (Å²) in [5.74, 6) is 0. The quantitative estimate of drug-likeness (QED) is 0.776. The van der Waals surface area contributed by atoms with Gasteiger partial charge in [0.1, 0.15) is 5.69 Å². The van der Waals surface area contributed by atoms with Gasteiger partial charge < -0.3 is 5.21 Å². The van der Waals surface area contributed by atoms with E-state index in [1.54, 1.807) is 0 Å². The summed E-state index contributed by atoms with van der Waals surface area (Å²) in [6, 6.07) is 9.33. The van der Waals surface area contributed by atoms with E-state index >= 15 is 0 Å². The van der Waals surface area contributed by atoms with E-state index in [2.05, 4.69) is 20.9 Å². The lowest BCUT2D eigenvalue weighted by Gasteiger charge is -2.08. The highest BCUT2D eigenvalue weighted by molar-refractivity contribution is 9.10. The summed E-state index contributed by atoms with van der Waals surface area (Å²) in [6.07, 6.45) is 1.50. The number of aromatic nitrogens is 2. The van der Waals surface area contributed by atoms with Crippen molar-refractivity contribution in [1.29, 1.82) is 5.41 Å². The molecule has 0 saturated carbocycles. The van der Waals surface area contributed by atoms with Gasteiger partial charge >= 0.3 is 0 Å². The molecule has 0 atom stereocenters. The lowest BCUT2D eigenvalue weighted by Crippen LogP contribution is -2.22. The summed E-state index contributed by atoms with van der Waals surface area (Å²) in [4.78, 5) is 3.70. The van der Waals surface area contributed by atoms with E-state index in [0.29, 0.717) is 10.2 Å². The molecule has 0 saturated heterocycles. The van der Waals surface area contributed by atoms with E-state index in [0.717, 1.165) is 10.3 Å². The van der Waals surface area contributed by atoms with Crippen molar-refractivity contribution >= 4 is 15.9 Å². The third kappa shape index (κ3) is 1.78. The molecule has 5 heteroatoms. The monoisotopic (exact) mass is 265 g/mol. The van der Waals surface area contributed by atoms with Crippen LogP contribution >= 0.6 is 15.9 Å². The van der Waals surface area contributed by atoms with Crippen molar-refractivity contribution in [3.63, 3.8) is 0 Å². The van der Waals surface area contributed by atoms with E-state index in [1.165, 1.54) is 6.20 Å². The van der Waals surface area contributed by atoms with Crippen LogP contribution < -0.4 is 5.62 Å². The predicted octanol–water partition coefficient (Wildman–Crippen LogP) is 2.03. The molecule has 0 unspecified atom stereocenters. The molecule has 1 heterocycles. The second kappa shape index (κ2) is 3.86. The van der Waals surface area contributed by atoms with Crippen molar-refractivity contribution in [2.75, 3.05) is 0 Å². The topological polar surface area (TPSA) is 61.9 Å². The molecule has 0 radical (unpaired) electrons. The highest BCUT2D eigenvalue weighted by Gasteiger charge is 2.08. The fourth-order valence-electron chi connectivity index (χ4n) is 1.30. The van der Waals surface area contributed by atoms with Crippen LogP contribution in [0.3, 0.4) is 0 Å². The second-order valence-electron chi connectivity index (χ2n) is 2.96. The van der Waals surface area contributed by atoms with Crippen LogP contribution in [0, 0.1) is 5.41 Å². The van der Waals surface area contributed by atoms with Crippen LogP contribution in [0.1, 0.15) is 0 Å². The van der Waals surface area contributed by atoms with Gasteiger partial charge in [0.05, 0.1) is 4.47 Å². The summed E-state index contributed by atoms with van der Waals surface area (Å²) in [5, 5.41) is 17.1. The summed E-state index contributed by atoms with van der Waals surface area (Å²) in [7, 11) is 0. The number of nitrogens with one attached hydrogen (secondary N) is 1. The molecule has 0 aliphatic carbocycles. The molecular weight excluding hydrogens is 258 g/mol. The van der Waals surface area contributed by atoms with E-state index < -0.39 is 0 Å². The Hall–Kier alpha value is -1.62. The predicted molar refractivity (Wildman–Crippen MR) is 58.4 cm³/mol. The Bertz CT molecular complexity index is 536. The fraction of sp³-hybridized carbons (Fsp3) is 0. The molecule has 4 nitrogen and oxygen atoms in total. The summed E-state index contributed by atoms with van der Waals surface area (Å²) in [6.45, 7) is 0. The standard InChI is InChI=1S/C10H8BrN3O/c11-8-6-13-10(12)14(15)9(8)7-4-2-1-3-5-7/h1-6,12,15H. The minimum Gasteiger partial charge on any atom is -0.425 e. The molecule has 0 bridgehead atoms. The third-order valence-electron chi connectivity index (χ3n) is 1.99. The van der Waals surface area contributed by atoms with Crippen LogP contribution in [0.15, 0.2) is 41.0 Å². The van der Waals surface area contributed by atoms with Gasteiger partial charge in [-0.1, -0.05) is 30.3 Å². The summed E-state index contributed by atoms with van der Waals surface area (Å²) in [5.41, 5.74) is 1.15. The molecule has 0 spiro atoms. The zero-order valence-electron chi connectivity index (χ0n) is 7.68. The van der Waals surface area contributed by atoms with Gasteiger partial charge in [0.2, 0.25) is 0 Å². The Morgan fingerprint density at radius 3 is 2.60 bits per heavy atom. The Balaban J connectivity index is 2.73. The third-order valence-corrected chi connectivity index (χ3v) is 2.57. The van der Waals surface area contributed by atoms with Gasteiger partial charge in [0.15, 0.2) is 0 Å². The maximum atomic E-state index is 9.67. The molecule has 2 aromatic rings. The minimum absolute atomic E-state index is 0.197. The van der Waals surface area contributed by atoms with Crippen LogP contribution in [0.25, 0.3) is 11.3 Å². The zero-order chi connectivity index (χ0) is 10.8. The first-order valence-electron chi connectivity index (χ1n) is 4.27. The Labute approximate surface area is 94.4 Å². The van der Waals surface area contributed by atoms with Crippen molar-refractivity contribution in [3.05, 3.63) is 46.6 Å². The Morgan fingerprint density at radius 1 is 1.27 bits per heavy atom. The first-order chi connectivity index (χ1) is 7.20. The molecule has 0 aliphatic heterocycles. The van der Waals surface area contributed by atoms with Crippen molar-refractivity contribution in [2.45, 2.75) is 0 Å². The molecule has 2 N–H and O–H groups in total. The highest BCUT2D eigenvalue weighted by atomic mass is 79.9. The SMILES string of the molecule is N=c1ncc(Br)c(-c2ccccc2)n1O. The van der Waals surface area contributed by atoms with Gasteiger partial charge in [-0.3, -0.25) is 5.41 Å². The van der Waals surface area contributed by atoms with Gasteiger partial charge in [0, 0.05) is 11.8 Å². The van der Waals surface area contributed by atoms with E-state index in [1.807, 2.05) is 30.3 Å². The van der Waals surface area contributed by atoms with Crippen LogP contribution in [0.4, 0.5) is 0 Å². The first kappa shape index (κ1) is 9.92. The van der Waals surface area contributed by atoms with E-state index in [4.69, 9.17) is 5.41 Å². The van der Waals surface area contributed by atoms with E-state index in [9.17, 15) is 5.21 Å². The van der Waals surface area contributed by atoms with Crippen LogP contribution in [-0.2, 0) is 0 Å². The maximum absolute atomic E-state index is 9.67. The second-order valence-corrected chi connectivity index (χ2v) is 3.81. The van der Waals surface area contributed by atoms with Crippen molar-refractivity contribution in [3.8, 4) is 11.3 Å². The largest absolute Gasteiger partial charge is 0.425 e. The Kier molecular flexibility index (Phi) is 2.55. The molecule has 0 amide bonds. The number of benzene rings is 1. The number of hydrogen-bond acceptors (Lipinski definition) is 3. The van der Waals surface area contributed by atoms with Gasteiger partial charge in [0.25, 0.3) is 5.62 Å². The lowest BCUT2D eigenvalue weighted by molar-refractivity contribution is 0.169.